The van der Waals surface area contributed by atoms with Crippen LogP contribution < -0.4 is 5.32 Å². The summed E-state index contributed by atoms with van der Waals surface area (Å²) in [7, 11) is 1.08. The molecule has 1 aliphatic heterocycles. The molecule has 1 saturated heterocycles. The number of hydrogen-bond donors (Lipinski definition) is 1. The smallest absolute Gasteiger partial charge is 0.339 e. The summed E-state index contributed by atoms with van der Waals surface area (Å²) in [5, 5.41) is 2.44. The molecule has 0 aromatic carbocycles. The Bertz CT molecular complexity index is 697. The zero-order valence-electron chi connectivity index (χ0n) is 17.0. The van der Waals surface area contributed by atoms with E-state index in [2.05, 4.69) is 10.1 Å². The lowest BCUT2D eigenvalue weighted by atomic mass is 9.96. The molecule has 0 unspecified atom stereocenters. The first-order valence-corrected chi connectivity index (χ1v) is 8.66. The van der Waals surface area contributed by atoms with Gasteiger partial charge in [0.2, 0.25) is 5.91 Å². The van der Waals surface area contributed by atoms with Gasteiger partial charge in [0.15, 0.2) is 30.6 Å². The van der Waals surface area contributed by atoms with Crippen LogP contribution in [0.5, 0.6) is 0 Å². The average Bonchev–Trinajstić information content (AvgIpc) is 2.57. The van der Waals surface area contributed by atoms with Crippen LogP contribution in [0.15, 0.2) is 11.6 Å². The summed E-state index contributed by atoms with van der Waals surface area (Å²) >= 11 is 0. The Morgan fingerprint density at radius 3 is 1.72 bits per heavy atom. The highest BCUT2D eigenvalue weighted by molar-refractivity contribution is 5.88. The number of carbonyl (C=O) groups is 5. The van der Waals surface area contributed by atoms with Gasteiger partial charge in [0.05, 0.1) is 7.11 Å². The van der Waals surface area contributed by atoms with E-state index in [1.54, 1.807) is 13.8 Å². The van der Waals surface area contributed by atoms with Gasteiger partial charge in [0.1, 0.15) is 0 Å². The predicted octanol–water partition coefficient (Wildman–Crippen LogP) is -0.238. The molecule has 0 bridgehead atoms. The van der Waals surface area contributed by atoms with Crippen molar-refractivity contribution < 1.29 is 47.7 Å². The summed E-state index contributed by atoms with van der Waals surface area (Å²) < 4.78 is 25.7. The minimum absolute atomic E-state index is 0.608. The first-order valence-electron chi connectivity index (χ1n) is 8.66. The molecule has 0 radical (unpaired) electrons. The van der Waals surface area contributed by atoms with Crippen molar-refractivity contribution in [1.29, 1.82) is 0 Å². The Hall–Kier alpha value is -2.95. The summed E-state index contributed by atoms with van der Waals surface area (Å²) in [4.78, 5) is 59.2. The molecule has 0 aromatic heterocycles. The monoisotopic (exact) mass is 415 g/mol. The third kappa shape index (κ3) is 7.18. The number of amides is 1. The van der Waals surface area contributed by atoms with Crippen molar-refractivity contribution in [3.05, 3.63) is 11.6 Å². The van der Waals surface area contributed by atoms with E-state index in [1.807, 2.05) is 0 Å². The van der Waals surface area contributed by atoms with Gasteiger partial charge in [-0.3, -0.25) is 19.2 Å². The lowest BCUT2D eigenvalue weighted by molar-refractivity contribution is -0.252. The van der Waals surface area contributed by atoms with Crippen LogP contribution in [0.25, 0.3) is 0 Å². The Kier molecular flexibility index (Phi) is 8.77. The summed E-state index contributed by atoms with van der Waals surface area (Å²) in [6.07, 6.45) is -6.05. The minimum atomic E-state index is -1.56. The zero-order valence-corrected chi connectivity index (χ0v) is 17.0. The highest BCUT2D eigenvalue weighted by atomic mass is 16.7. The molecule has 11 nitrogen and oxygen atoms in total. The van der Waals surface area contributed by atoms with Crippen molar-refractivity contribution in [2.75, 3.05) is 7.11 Å². The normalized spacial score (nSPS) is 25.8. The fourth-order valence-electron chi connectivity index (χ4n) is 2.68. The molecule has 0 saturated carbocycles. The summed E-state index contributed by atoms with van der Waals surface area (Å²) in [5.41, 5.74) is 0.668. The highest BCUT2D eigenvalue weighted by Crippen LogP contribution is 2.28. The first-order chi connectivity index (χ1) is 13.5. The van der Waals surface area contributed by atoms with Crippen LogP contribution in [0, 0.1) is 0 Å². The molecule has 1 heterocycles. The summed E-state index contributed by atoms with van der Waals surface area (Å²) in [5.74, 6) is -3.95. The Morgan fingerprint density at radius 1 is 0.793 bits per heavy atom. The van der Waals surface area contributed by atoms with Crippen LogP contribution in [0.1, 0.15) is 34.6 Å². The highest BCUT2D eigenvalue weighted by Gasteiger charge is 2.55. The number of hydrogen-bond acceptors (Lipinski definition) is 10. The third-order valence-corrected chi connectivity index (χ3v) is 3.58. The van der Waals surface area contributed by atoms with E-state index in [-0.39, 0.29) is 0 Å². The molecule has 5 atom stereocenters. The van der Waals surface area contributed by atoms with Gasteiger partial charge in [0.25, 0.3) is 0 Å². The lowest BCUT2D eigenvalue weighted by Gasteiger charge is -2.43. The Balaban J connectivity index is 3.41. The number of rotatable bonds is 6. The van der Waals surface area contributed by atoms with Gasteiger partial charge in [-0.2, -0.15) is 0 Å². The molecular weight excluding hydrogens is 390 g/mol. The second-order valence-electron chi connectivity index (χ2n) is 6.45. The van der Waals surface area contributed by atoms with Crippen LogP contribution in [0.4, 0.5) is 0 Å². The number of methoxy groups -OCH3 is 1. The maximum atomic E-state index is 12.2. The summed E-state index contributed by atoms with van der Waals surface area (Å²) in [6.45, 7) is 6.60. The van der Waals surface area contributed by atoms with Gasteiger partial charge in [0, 0.05) is 26.8 Å². The second kappa shape index (κ2) is 10.6. The fourth-order valence-corrected chi connectivity index (χ4v) is 2.68. The van der Waals surface area contributed by atoms with Crippen molar-refractivity contribution >= 4 is 29.8 Å². The van der Waals surface area contributed by atoms with E-state index in [9.17, 15) is 24.0 Å². The van der Waals surface area contributed by atoms with Crippen molar-refractivity contribution in [3.8, 4) is 0 Å². The van der Waals surface area contributed by atoms with E-state index in [1.165, 1.54) is 6.08 Å². The number of esters is 4. The number of carbonyl (C=O) groups excluding carboxylic acids is 5. The predicted molar refractivity (Wildman–Crippen MR) is 94.9 cm³/mol. The Labute approximate surface area is 167 Å². The van der Waals surface area contributed by atoms with Crippen molar-refractivity contribution in [3.63, 3.8) is 0 Å². The molecule has 11 heteroatoms. The topological polar surface area (TPSA) is 144 Å². The molecule has 0 aliphatic carbocycles. The minimum Gasteiger partial charge on any atom is -0.467 e. The molecule has 0 spiro atoms. The van der Waals surface area contributed by atoms with Crippen LogP contribution in [0.3, 0.4) is 0 Å². The standard InChI is InChI=1S/C18H25NO10/c1-8(2)7-12(23)19-17-15(28-11(5)22)13(26-9(3)20)14(27-10(4)21)16(29-17)18(24)25-6/h7,13-17H,1-6H3,(H,19,23)/t13-,14-,15+,16-,17+/m0/s1. The summed E-state index contributed by atoms with van der Waals surface area (Å²) in [6, 6.07) is 0. The number of allylic oxidation sites excluding steroid dienone is 1. The van der Waals surface area contributed by atoms with Crippen LogP contribution in [0.2, 0.25) is 0 Å². The lowest BCUT2D eigenvalue weighted by Crippen LogP contribution is -2.66. The van der Waals surface area contributed by atoms with Crippen LogP contribution >= 0.6 is 0 Å². The van der Waals surface area contributed by atoms with E-state index >= 15 is 0 Å². The number of ether oxygens (including phenoxy) is 5. The molecule has 1 aliphatic rings. The second-order valence-corrected chi connectivity index (χ2v) is 6.45. The van der Waals surface area contributed by atoms with Crippen LogP contribution in [-0.4, -0.2) is 67.5 Å². The molecule has 29 heavy (non-hydrogen) atoms. The van der Waals surface area contributed by atoms with Gasteiger partial charge >= 0.3 is 23.9 Å². The average molecular weight is 415 g/mol. The van der Waals surface area contributed by atoms with Gasteiger partial charge < -0.3 is 29.0 Å². The molecule has 162 valence electrons. The quantitative estimate of drug-likeness (QED) is 0.351. The third-order valence-electron chi connectivity index (χ3n) is 3.58. The van der Waals surface area contributed by atoms with E-state index in [0.29, 0.717) is 5.57 Å². The van der Waals surface area contributed by atoms with E-state index < -0.39 is 60.4 Å². The number of nitrogens with one attached hydrogen (secondary N) is 1. The first kappa shape index (κ1) is 24.1. The molecule has 0 aromatic rings. The molecular formula is C18H25NO10. The van der Waals surface area contributed by atoms with E-state index in [4.69, 9.17) is 18.9 Å². The zero-order chi connectivity index (χ0) is 22.3. The van der Waals surface area contributed by atoms with E-state index in [0.717, 1.165) is 27.9 Å². The van der Waals surface area contributed by atoms with Crippen molar-refractivity contribution in [2.45, 2.75) is 65.3 Å². The maximum Gasteiger partial charge on any atom is 0.339 e. The molecule has 1 amide bonds. The van der Waals surface area contributed by atoms with Gasteiger partial charge in [-0.15, -0.1) is 0 Å². The fraction of sp³-hybridized carbons (Fsp3) is 0.611. The van der Waals surface area contributed by atoms with Gasteiger partial charge in [-0.05, 0) is 13.8 Å². The van der Waals surface area contributed by atoms with Gasteiger partial charge in [-0.25, -0.2) is 4.79 Å². The Morgan fingerprint density at radius 2 is 1.28 bits per heavy atom. The van der Waals surface area contributed by atoms with Crippen molar-refractivity contribution in [2.24, 2.45) is 0 Å². The molecule has 1 rings (SSSR count). The van der Waals surface area contributed by atoms with Crippen LogP contribution in [-0.2, 0) is 47.7 Å². The molecule has 1 fully saturated rings. The molecule has 1 N–H and O–H groups in total. The van der Waals surface area contributed by atoms with Gasteiger partial charge in [-0.1, -0.05) is 5.57 Å². The maximum absolute atomic E-state index is 12.2. The largest absolute Gasteiger partial charge is 0.467 e. The van der Waals surface area contributed by atoms with Crippen molar-refractivity contribution in [1.82, 2.24) is 5.32 Å². The SMILES string of the molecule is COC(=O)[C@H]1O[C@@H](NC(=O)C=C(C)C)[C@H](OC(C)=O)[C@@H](OC(C)=O)[C@@H]1OC(C)=O.